The first-order chi connectivity index (χ1) is 8.33. The van der Waals surface area contributed by atoms with Gasteiger partial charge in [0.1, 0.15) is 6.61 Å². The summed E-state index contributed by atoms with van der Waals surface area (Å²) in [4.78, 5) is 2.33. The van der Waals surface area contributed by atoms with Gasteiger partial charge in [0.2, 0.25) is 5.88 Å². The zero-order valence-electron chi connectivity index (χ0n) is 10.5. The van der Waals surface area contributed by atoms with E-state index in [0.29, 0.717) is 12.5 Å². The Balaban J connectivity index is 0.00000162. The molecule has 0 saturated heterocycles. The fraction of sp³-hybridized carbons (Fsp3) is 0.500. The predicted octanol–water partition coefficient (Wildman–Crippen LogP) is 2.69. The summed E-state index contributed by atoms with van der Waals surface area (Å²) in [6.45, 7) is 8.07. The summed E-state index contributed by atoms with van der Waals surface area (Å²) in [6.07, 6.45) is 1.92. The van der Waals surface area contributed by atoms with Crippen molar-refractivity contribution in [2.24, 2.45) is 0 Å². The first-order valence-corrected chi connectivity index (χ1v) is 6.13. The van der Waals surface area contributed by atoms with E-state index < -0.39 is 0 Å². The van der Waals surface area contributed by atoms with Crippen molar-refractivity contribution in [2.45, 2.75) is 21.3 Å². The molecule has 0 aliphatic heterocycles. The van der Waals surface area contributed by atoms with Crippen LogP contribution in [0.5, 0.6) is 5.88 Å². The number of rotatable bonds is 6. The minimum atomic E-state index is 0. The standard InChI is InChI=1S/C13H19N3O.CH4/c1-3-15(4-2)9-10-17-13-11-12-7-5-6-8-16(12)14-13;/h5-8,11H,3-4,9-10H2,1-2H3;1H4. The molecular formula is C14H23N3O. The largest absolute Gasteiger partial charge is 0.475 e. The van der Waals surface area contributed by atoms with E-state index >= 15 is 0 Å². The van der Waals surface area contributed by atoms with Crippen LogP contribution in [0.2, 0.25) is 0 Å². The van der Waals surface area contributed by atoms with Crippen molar-refractivity contribution in [3.63, 3.8) is 0 Å². The Bertz CT molecular complexity index is 430. The normalized spacial score (nSPS) is 10.6. The fourth-order valence-corrected chi connectivity index (χ4v) is 1.80. The van der Waals surface area contributed by atoms with Gasteiger partial charge in [-0.25, -0.2) is 4.52 Å². The summed E-state index contributed by atoms with van der Waals surface area (Å²) in [5, 5.41) is 4.34. The Morgan fingerprint density at radius 3 is 2.72 bits per heavy atom. The van der Waals surface area contributed by atoms with Gasteiger partial charge in [-0.15, -0.1) is 5.10 Å². The summed E-state index contributed by atoms with van der Waals surface area (Å²) >= 11 is 0. The van der Waals surface area contributed by atoms with Gasteiger partial charge in [-0.3, -0.25) is 0 Å². The summed E-state index contributed by atoms with van der Waals surface area (Å²) in [5.41, 5.74) is 1.06. The van der Waals surface area contributed by atoms with E-state index in [1.807, 2.05) is 35.0 Å². The van der Waals surface area contributed by atoms with E-state index in [1.165, 1.54) is 0 Å². The molecule has 0 bridgehead atoms. The lowest BCUT2D eigenvalue weighted by Crippen LogP contribution is -2.27. The Hall–Kier alpha value is -1.55. The second-order valence-electron chi connectivity index (χ2n) is 3.93. The van der Waals surface area contributed by atoms with Gasteiger partial charge in [-0.2, -0.15) is 0 Å². The van der Waals surface area contributed by atoms with Crippen molar-refractivity contribution >= 4 is 5.52 Å². The highest BCUT2D eigenvalue weighted by Gasteiger charge is 2.03. The highest BCUT2D eigenvalue weighted by Crippen LogP contribution is 2.12. The molecule has 2 aromatic rings. The van der Waals surface area contributed by atoms with Crippen LogP contribution in [0.3, 0.4) is 0 Å². The van der Waals surface area contributed by atoms with Gasteiger partial charge in [0.25, 0.3) is 0 Å². The molecule has 0 unspecified atom stereocenters. The van der Waals surface area contributed by atoms with Crippen LogP contribution in [0.1, 0.15) is 21.3 Å². The first kappa shape index (κ1) is 14.5. The number of ether oxygens (including phenoxy) is 1. The number of hydrogen-bond acceptors (Lipinski definition) is 3. The fourth-order valence-electron chi connectivity index (χ4n) is 1.80. The molecule has 18 heavy (non-hydrogen) atoms. The van der Waals surface area contributed by atoms with Gasteiger partial charge in [-0.05, 0) is 25.2 Å². The van der Waals surface area contributed by atoms with Crippen LogP contribution in [0.4, 0.5) is 0 Å². The molecule has 0 aliphatic rings. The summed E-state index contributed by atoms with van der Waals surface area (Å²) in [5.74, 6) is 0.698. The number of pyridine rings is 1. The van der Waals surface area contributed by atoms with Gasteiger partial charge in [0, 0.05) is 18.8 Å². The quantitative estimate of drug-likeness (QED) is 0.788. The Labute approximate surface area is 109 Å². The van der Waals surface area contributed by atoms with Crippen LogP contribution in [0, 0.1) is 0 Å². The monoisotopic (exact) mass is 249 g/mol. The Morgan fingerprint density at radius 1 is 1.28 bits per heavy atom. The highest BCUT2D eigenvalue weighted by atomic mass is 16.5. The lowest BCUT2D eigenvalue weighted by molar-refractivity contribution is 0.217. The molecule has 0 radical (unpaired) electrons. The maximum Gasteiger partial charge on any atom is 0.233 e. The van der Waals surface area contributed by atoms with Gasteiger partial charge < -0.3 is 9.64 Å². The van der Waals surface area contributed by atoms with Crippen LogP contribution in [-0.2, 0) is 0 Å². The van der Waals surface area contributed by atoms with Crippen LogP contribution in [0.25, 0.3) is 5.52 Å². The SMILES string of the molecule is C.CCN(CC)CCOc1cc2ccccn2n1. The van der Waals surface area contributed by atoms with Crippen molar-refractivity contribution in [3.8, 4) is 5.88 Å². The molecule has 0 aromatic carbocycles. The van der Waals surface area contributed by atoms with E-state index in [4.69, 9.17) is 4.74 Å². The van der Waals surface area contributed by atoms with Gasteiger partial charge >= 0.3 is 0 Å². The third kappa shape index (κ3) is 3.47. The number of nitrogens with zero attached hydrogens (tertiary/aromatic N) is 3. The third-order valence-corrected chi connectivity index (χ3v) is 2.90. The minimum Gasteiger partial charge on any atom is -0.475 e. The lowest BCUT2D eigenvalue weighted by atomic mass is 10.4. The molecule has 0 fully saturated rings. The molecule has 0 aliphatic carbocycles. The smallest absolute Gasteiger partial charge is 0.233 e. The lowest BCUT2D eigenvalue weighted by Gasteiger charge is -2.17. The van der Waals surface area contributed by atoms with Gasteiger partial charge in [0.15, 0.2) is 0 Å². The van der Waals surface area contributed by atoms with Crippen molar-refractivity contribution < 1.29 is 4.74 Å². The van der Waals surface area contributed by atoms with E-state index in [0.717, 1.165) is 25.2 Å². The maximum absolute atomic E-state index is 5.65. The van der Waals surface area contributed by atoms with Crippen molar-refractivity contribution in [1.82, 2.24) is 14.5 Å². The Morgan fingerprint density at radius 2 is 2.06 bits per heavy atom. The topological polar surface area (TPSA) is 29.8 Å². The second-order valence-corrected chi connectivity index (χ2v) is 3.93. The van der Waals surface area contributed by atoms with Gasteiger partial charge in [0.05, 0.1) is 5.52 Å². The molecular weight excluding hydrogens is 226 g/mol. The van der Waals surface area contributed by atoms with Crippen molar-refractivity contribution in [1.29, 1.82) is 0 Å². The number of likely N-dealkylation sites (N-methyl/N-ethyl adjacent to an activating group) is 1. The number of aromatic nitrogens is 2. The van der Waals surface area contributed by atoms with E-state index in [1.54, 1.807) is 0 Å². The molecule has 2 rings (SSSR count). The van der Waals surface area contributed by atoms with E-state index in [9.17, 15) is 0 Å². The zero-order valence-corrected chi connectivity index (χ0v) is 10.5. The molecule has 100 valence electrons. The molecule has 0 atom stereocenters. The molecule has 0 saturated carbocycles. The minimum absolute atomic E-state index is 0. The van der Waals surface area contributed by atoms with Crippen LogP contribution >= 0.6 is 0 Å². The summed E-state index contributed by atoms with van der Waals surface area (Å²) in [6, 6.07) is 7.93. The molecule has 2 heterocycles. The van der Waals surface area contributed by atoms with Crippen LogP contribution < -0.4 is 4.74 Å². The maximum atomic E-state index is 5.65. The molecule has 2 aromatic heterocycles. The number of fused-ring (bicyclic) bond motifs is 1. The molecule has 0 spiro atoms. The van der Waals surface area contributed by atoms with Crippen molar-refractivity contribution in [2.75, 3.05) is 26.2 Å². The van der Waals surface area contributed by atoms with Crippen LogP contribution in [0.15, 0.2) is 30.5 Å². The summed E-state index contributed by atoms with van der Waals surface area (Å²) in [7, 11) is 0. The molecule has 4 heteroatoms. The van der Waals surface area contributed by atoms with Crippen LogP contribution in [-0.4, -0.2) is 40.8 Å². The van der Waals surface area contributed by atoms with Gasteiger partial charge in [-0.1, -0.05) is 27.3 Å². The third-order valence-electron chi connectivity index (χ3n) is 2.90. The molecule has 0 amide bonds. The van der Waals surface area contributed by atoms with E-state index in [-0.39, 0.29) is 7.43 Å². The molecule has 4 nitrogen and oxygen atoms in total. The zero-order chi connectivity index (χ0) is 12.1. The first-order valence-electron chi connectivity index (χ1n) is 6.13. The summed E-state index contributed by atoms with van der Waals surface area (Å²) < 4.78 is 7.48. The predicted molar refractivity (Wildman–Crippen MR) is 75.2 cm³/mol. The number of hydrogen-bond donors (Lipinski definition) is 0. The van der Waals surface area contributed by atoms with Crippen molar-refractivity contribution in [3.05, 3.63) is 30.5 Å². The second kappa shape index (κ2) is 7.01. The molecule has 0 N–H and O–H groups in total. The Kier molecular flexibility index (Phi) is 5.65. The highest BCUT2D eigenvalue weighted by molar-refractivity contribution is 5.48. The average molecular weight is 249 g/mol. The van der Waals surface area contributed by atoms with E-state index in [2.05, 4.69) is 23.8 Å². The average Bonchev–Trinajstić information content (AvgIpc) is 2.77.